The number of benzene rings is 3. The van der Waals surface area contributed by atoms with Gasteiger partial charge < -0.3 is 4.74 Å². The topological polar surface area (TPSA) is 44.1 Å². The molecule has 0 atom stereocenters. The van der Waals surface area contributed by atoms with Crippen molar-refractivity contribution >= 4 is 28.6 Å². The molecular weight excluding hydrogens is 368 g/mol. The van der Waals surface area contributed by atoms with Gasteiger partial charge in [-0.3, -0.25) is 9.36 Å². The summed E-state index contributed by atoms with van der Waals surface area (Å²) in [5.41, 5.74) is 3.64. The fraction of sp³-hybridized carbons (Fsp3) is 0.130. The highest BCUT2D eigenvalue weighted by molar-refractivity contribution is 7.99. The second kappa shape index (κ2) is 8.31. The number of carbonyl (C=O) groups is 1. The monoisotopic (exact) mass is 388 g/mol. The van der Waals surface area contributed by atoms with E-state index >= 15 is 0 Å². The molecule has 140 valence electrons. The summed E-state index contributed by atoms with van der Waals surface area (Å²) >= 11 is 1.46. The maximum absolute atomic E-state index is 12.5. The van der Waals surface area contributed by atoms with E-state index in [0.29, 0.717) is 12.4 Å². The Morgan fingerprint density at radius 1 is 0.964 bits per heavy atom. The Morgan fingerprint density at radius 2 is 1.68 bits per heavy atom. The lowest BCUT2D eigenvalue weighted by molar-refractivity contribution is 0.102. The predicted octanol–water partition coefficient (Wildman–Crippen LogP) is 5.40. The third-order valence-electron chi connectivity index (χ3n) is 4.36. The number of carbonyl (C=O) groups excluding carboxylic acids is 1. The van der Waals surface area contributed by atoms with Gasteiger partial charge in [-0.2, -0.15) is 0 Å². The lowest BCUT2D eigenvalue weighted by Gasteiger charge is -2.10. The van der Waals surface area contributed by atoms with Crippen LogP contribution in [0.2, 0.25) is 0 Å². The van der Waals surface area contributed by atoms with Crippen molar-refractivity contribution in [2.45, 2.75) is 12.1 Å². The van der Waals surface area contributed by atoms with Crippen LogP contribution in [0.1, 0.15) is 17.3 Å². The summed E-state index contributed by atoms with van der Waals surface area (Å²) in [5, 5.41) is 0.801. The summed E-state index contributed by atoms with van der Waals surface area (Å²) < 4.78 is 7.64. The number of hydrogen-bond acceptors (Lipinski definition) is 4. The smallest absolute Gasteiger partial charge is 0.174 e. The molecule has 0 bridgehead atoms. The van der Waals surface area contributed by atoms with Crippen molar-refractivity contribution < 1.29 is 9.53 Å². The van der Waals surface area contributed by atoms with Crippen LogP contribution in [0.3, 0.4) is 0 Å². The van der Waals surface area contributed by atoms with E-state index < -0.39 is 0 Å². The van der Waals surface area contributed by atoms with Crippen molar-refractivity contribution in [2.24, 2.45) is 0 Å². The van der Waals surface area contributed by atoms with Gasteiger partial charge in [0.25, 0.3) is 0 Å². The average molecular weight is 388 g/mol. The normalized spacial score (nSPS) is 10.9. The Kier molecular flexibility index (Phi) is 5.44. The van der Waals surface area contributed by atoms with E-state index in [4.69, 9.17) is 9.72 Å². The molecule has 0 aliphatic carbocycles. The highest BCUT2D eigenvalue weighted by Crippen LogP contribution is 2.29. The lowest BCUT2D eigenvalue weighted by atomic mass is 10.2. The quantitative estimate of drug-likeness (QED) is 0.314. The maximum Gasteiger partial charge on any atom is 0.174 e. The summed E-state index contributed by atoms with van der Waals surface area (Å²) in [7, 11) is 0. The van der Waals surface area contributed by atoms with Gasteiger partial charge in [0.2, 0.25) is 0 Å². The van der Waals surface area contributed by atoms with E-state index in [2.05, 4.69) is 4.57 Å². The van der Waals surface area contributed by atoms with Gasteiger partial charge in [-0.25, -0.2) is 4.98 Å². The van der Waals surface area contributed by atoms with Crippen LogP contribution in [0.5, 0.6) is 5.75 Å². The Hall–Kier alpha value is -3.05. The van der Waals surface area contributed by atoms with Gasteiger partial charge in [-0.05, 0) is 43.3 Å². The minimum Gasteiger partial charge on any atom is -0.494 e. The second-order valence-electron chi connectivity index (χ2n) is 6.22. The van der Waals surface area contributed by atoms with Crippen LogP contribution < -0.4 is 4.74 Å². The highest BCUT2D eigenvalue weighted by atomic mass is 32.2. The van der Waals surface area contributed by atoms with Crippen LogP contribution >= 0.6 is 11.8 Å². The molecule has 4 rings (SSSR count). The molecule has 0 saturated heterocycles. The van der Waals surface area contributed by atoms with E-state index in [9.17, 15) is 4.79 Å². The number of para-hydroxylation sites is 2. The Balaban J connectivity index is 1.66. The number of Topliss-reactive ketones (excluding diaryl/α,β-unsaturated/α-hetero) is 1. The average Bonchev–Trinajstić information content (AvgIpc) is 3.12. The minimum atomic E-state index is 0.0934. The molecule has 0 fully saturated rings. The van der Waals surface area contributed by atoms with E-state index in [-0.39, 0.29) is 5.78 Å². The van der Waals surface area contributed by atoms with Crippen molar-refractivity contribution in [1.82, 2.24) is 9.55 Å². The van der Waals surface area contributed by atoms with Crippen molar-refractivity contribution in [2.75, 3.05) is 12.4 Å². The molecule has 0 amide bonds. The summed E-state index contributed by atoms with van der Waals surface area (Å²) in [6.45, 7) is 2.60. The number of aromatic nitrogens is 2. The Bertz CT molecular complexity index is 1090. The first-order valence-corrected chi connectivity index (χ1v) is 10.2. The molecule has 4 aromatic rings. The zero-order chi connectivity index (χ0) is 19.3. The number of ether oxygens (including phenoxy) is 1. The van der Waals surface area contributed by atoms with Crippen LogP contribution in [-0.4, -0.2) is 27.7 Å². The number of hydrogen-bond donors (Lipinski definition) is 0. The third kappa shape index (κ3) is 3.80. The summed E-state index contributed by atoms with van der Waals surface area (Å²) in [6.07, 6.45) is 0. The predicted molar refractivity (Wildman–Crippen MR) is 114 cm³/mol. The number of fused-ring (bicyclic) bond motifs is 1. The first-order valence-electron chi connectivity index (χ1n) is 9.18. The third-order valence-corrected chi connectivity index (χ3v) is 5.30. The van der Waals surface area contributed by atoms with Gasteiger partial charge in [0.15, 0.2) is 10.9 Å². The number of imidazole rings is 1. The van der Waals surface area contributed by atoms with Gasteiger partial charge in [-0.15, -0.1) is 0 Å². The SMILES string of the molecule is CCOc1ccc(-n2c(SCC(=O)c3ccccc3)nc3ccccc32)cc1. The first kappa shape index (κ1) is 18.3. The Morgan fingerprint density at radius 3 is 2.43 bits per heavy atom. The fourth-order valence-electron chi connectivity index (χ4n) is 3.05. The summed E-state index contributed by atoms with van der Waals surface area (Å²) in [6, 6.07) is 25.3. The lowest BCUT2D eigenvalue weighted by Crippen LogP contribution is -2.04. The van der Waals surface area contributed by atoms with Crippen LogP contribution in [0.25, 0.3) is 16.7 Å². The molecule has 0 saturated carbocycles. The molecule has 3 aromatic carbocycles. The van der Waals surface area contributed by atoms with Crippen molar-refractivity contribution in [3.05, 3.63) is 84.4 Å². The molecule has 0 aliphatic rings. The highest BCUT2D eigenvalue weighted by Gasteiger charge is 2.15. The number of ketones is 1. The van der Waals surface area contributed by atoms with Crippen LogP contribution in [-0.2, 0) is 0 Å². The fourth-order valence-corrected chi connectivity index (χ4v) is 3.97. The maximum atomic E-state index is 12.5. The van der Waals surface area contributed by atoms with Gasteiger partial charge >= 0.3 is 0 Å². The van der Waals surface area contributed by atoms with E-state index in [1.54, 1.807) is 0 Å². The van der Waals surface area contributed by atoms with Gasteiger partial charge in [0.05, 0.1) is 23.4 Å². The van der Waals surface area contributed by atoms with Crippen LogP contribution in [0.15, 0.2) is 84.0 Å². The van der Waals surface area contributed by atoms with Crippen molar-refractivity contribution in [3.63, 3.8) is 0 Å². The molecule has 0 spiro atoms. The first-order chi connectivity index (χ1) is 13.8. The van der Waals surface area contributed by atoms with E-state index in [1.807, 2.05) is 85.8 Å². The van der Waals surface area contributed by atoms with Crippen LogP contribution in [0.4, 0.5) is 0 Å². The molecule has 0 aliphatic heterocycles. The molecule has 1 aromatic heterocycles. The zero-order valence-electron chi connectivity index (χ0n) is 15.5. The standard InChI is InChI=1S/C23H20N2O2S/c1-2-27-19-14-12-18(13-15-19)25-21-11-7-6-10-20(21)24-23(25)28-16-22(26)17-8-4-3-5-9-17/h3-15H,2,16H2,1H3. The largest absolute Gasteiger partial charge is 0.494 e. The molecular formula is C23H20N2O2S. The van der Waals surface area contributed by atoms with Gasteiger partial charge in [0.1, 0.15) is 5.75 Å². The number of thioether (sulfide) groups is 1. The molecule has 0 radical (unpaired) electrons. The minimum absolute atomic E-state index is 0.0934. The number of rotatable bonds is 7. The molecule has 5 heteroatoms. The van der Waals surface area contributed by atoms with Gasteiger partial charge in [-0.1, -0.05) is 54.2 Å². The summed E-state index contributed by atoms with van der Waals surface area (Å²) in [4.78, 5) is 17.3. The van der Waals surface area contributed by atoms with Crippen molar-refractivity contribution in [1.29, 1.82) is 0 Å². The molecule has 0 unspecified atom stereocenters. The Labute approximate surface area is 168 Å². The number of nitrogens with zero attached hydrogens (tertiary/aromatic N) is 2. The summed E-state index contributed by atoms with van der Waals surface area (Å²) in [5.74, 6) is 1.27. The second-order valence-corrected chi connectivity index (χ2v) is 7.17. The zero-order valence-corrected chi connectivity index (χ0v) is 16.4. The molecule has 0 N–H and O–H groups in total. The van der Waals surface area contributed by atoms with Crippen LogP contribution in [0, 0.1) is 0 Å². The molecule has 4 nitrogen and oxygen atoms in total. The molecule has 28 heavy (non-hydrogen) atoms. The molecule has 1 heterocycles. The van der Waals surface area contributed by atoms with E-state index in [1.165, 1.54) is 11.8 Å². The van der Waals surface area contributed by atoms with Crippen molar-refractivity contribution in [3.8, 4) is 11.4 Å². The van der Waals surface area contributed by atoms with E-state index in [0.717, 1.165) is 33.2 Å². The van der Waals surface area contributed by atoms with Gasteiger partial charge in [0, 0.05) is 11.3 Å².